The van der Waals surface area contributed by atoms with Crippen molar-refractivity contribution in [1.29, 1.82) is 0 Å². The molecule has 6 atom stereocenters. The van der Waals surface area contributed by atoms with E-state index in [2.05, 4.69) is 34.6 Å². The molecule has 49 heavy (non-hydrogen) atoms. The Bertz CT molecular complexity index is 1630. The van der Waals surface area contributed by atoms with E-state index in [1.165, 1.54) is 0 Å². The highest BCUT2D eigenvalue weighted by atomic mass is 16.5. The molecule has 1 spiro atoms. The van der Waals surface area contributed by atoms with Crippen LogP contribution in [0.5, 0.6) is 5.75 Å². The number of aliphatic hydroxyl groups excluding tert-OH is 1. The third-order valence-electron chi connectivity index (χ3n) is 10.6. The summed E-state index contributed by atoms with van der Waals surface area (Å²) in [6.07, 6.45) is 8.69. The van der Waals surface area contributed by atoms with E-state index in [1.807, 2.05) is 97.6 Å². The first-order valence-corrected chi connectivity index (χ1v) is 17.5. The van der Waals surface area contributed by atoms with Gasteiger partial charge in [-0.3, -0.25) is 14.4 Å². The highest BCUT2D eigenvalue weighted by molar-refractivity contribution is 6.04. The fraction of sp³-hybridized carbons (Fsp3) is 0.525. The summed E-state index contributed by atoms with van der Waals surface area (Å²) in [7, 11) is 0. The average Bonchev–Trinajstić information content (AvgIpc) is 3.30. The highest BCUT2D eigenvalue weighted by Gasteiger charge is 2.75. The Labute approximate surface area is 290 Å². The molecule has 0 saturated carbocycles. The molecule has 0 radical (unpaired) electrons. The number of benzene rings is 2. The minimum absolute atomic E-state index is 0.0712. The maximum Gasteiger partial charge on any atom is 0.249 e. The minimum atomic E-state index is -1.42. The summed E-state index contributed by atoms with van der Waals surface area (Å²) in [5, 5.41) is 10.9. The second-order valence-corrected chi connectivity index (χ2v) is 15.9. The maximum absolute atomic E-state index is 15.2. The maximum atomic E-state index is 15.2. The first-order valence-electron chi connectivity index (χ1n) is 17.5. The quantitative estimate of drug-likeness (QED) is 0.370. The van der Waals surface area contributed by atoms with Crippen molar-refractivity contribution in [3.8, 4) is 5.75 Å². The van der Waals surface area contributed by atoms with E-state index >= 15 is 9.59 Å². The predicted molar refractivity (Wildman–Crippen MR) is 189 cm³/mol. The van der Waals surface area contributed by atoms with Gasteiger partial charge in [0.25, 0.3) is 0 Å². The molecule has 4 aliphatic rings. The van der Waals surface area contributed by atoms with Crippen LogP contribution in [-0.4, -0.2) is 87.8 Å². The van der Waals surface area contributed by atoms with Gasteiger partial charge in [-0.25, -0.2) is 0 Å². The predicted octanol–water partition coefficient (Wildman–Crippen LogP) is 5.18. The number of ether oxygens (including phenoxy) is 2. The summed E-state index contributed by atoms with van der Waals surface area (Å²) < 4.78 is 12.7. The lowest BCUT2D eigenvalue weighted by Crippen LogP contribution is -2.62. The molecule has 1 unspecified atom stereocenters. The molecule has 1 N–H and O–H groups in total. The average molecular weight is 670 g/mol. The van der Waals surface area contributed by atoms with Crippen LogP contribution in [0.15, 0.2) is 78.9 Å². The van der Waals surface area contributed by atoms with Crippen LogP contribution in [0.1, 0.15) is 60.5 Å². The molecule has 2 aromatic carbocycles. The number of anilines is 1. The lowest BCUT2D eigenvalue weighted by Gasteiger charge is -2.45. The van der Waals surface area contributed by atoms with Crippen molar-refractivity contribution < 1.29 is 29.0 Å². The summed E-state index contributed by atoms with van der Waals surface area (Å²) in [5.74, 6) is -2.03. The van der Waals surface area contributed by atoms with Crippen molar-refractivity contribution in [1.82, 2.24) is 9.80 Å². The summed E-state index contributed by atoms with van der Waals surface area (Å²) in [4.78, 5) is 50.2. The molecule has 3 amide bonds. The van der Waals surface area contributed by atoms with Crippen LogP contribution in [0.4, 0.5) is 5.69 Å². The number of aliphatic hydroxyl groups is 1. The molecule has 4 heterocycles. The third-order valence-corrected chi connectivity index (χ3v) is 10.6. The molecule has 262 valence electrons. The number of rotatable bonds is 9. The number of carbonyl (C=O) groups excluding carboxylic acids is 3. The van der Waals surface area contributed by atoms with Gasteiger partial charge in [-0.2, -0.15) is 0 Å². The van der Waals surface area contributed by atoms with E-state index in [1.54, 1.807) is 9.80 Å². The second kappa shape index (κ2) is 12.7. The molecule has 9 heteroatoms. The Balaban J connectivity index is 1.47. The first kappa shape index (κ1) is 34.9. The third kappa shape index (κ3) is 6.09. The van der Waals surface area contributed by atoms with E-state index in [4.69, 9.17) is 9.47 Å². The fourth-order valence-electron chi connectivity index (χ4n) is 9.05. The van der Waals surface area contributed by atoms with Gasteiger partial charge >= 0.3 is 0 Å². The van der Waals surface area contributed by atoms with Crippen LogP contribution in [-0.2, 0) is 25.5 Å². The van der Waals surface area contributed by atoms with E-state index in [9.17, 15) is 9.90 Å². The topological polar surface area (TPSA) is 99.6 Å². The van der Waals surface area contributed by atoms with Crippen LogP contribution in [0.3, 0.4) is 0 Å². The number of carbonyl (C=O) groups is 3. The largest absolute Gasteiger partial charge is 0.494 e. The van der Waals surface area contributed by atoms with E-state index < -0.39 is 40.7 Å². The van der Waals surface area contributed by atoms with Crippen molar-refractivity contribution in [3.63, 3.8) is 0 Å². The van der Waals surface area contributed by atoms with Crippen LogP contribution in [0, 0.1) is 17.3 Å². The number of nitrogens with zero attached hydrogens (tertiary/aromatic N) is 3. The Hall–Kier alpha value is -3.95. The van der Waals surface area contributed by atoms with Gasteiger partial charge in [0.15, 0.2) is 0 Å². The Morgan fingerprint density at radius 1 is 0.898 bits per heavy atom. The first-order chi connectivity index (χ1) is 23.2. The van der Waals surface area contributed by atoms with Crippen LogP contribution >= 0.6 is 0 Å². The lowest BCUT2D eigenvalue weighted by atomic mass is 9.74. The Kier molecular flexibility index (Phi) is 9.07. The number of fused-ring (bicyclic) bond motifs is 2. The van der Waals surface area contributed by atoms with Crippen LogP contribution in [0.25, 0.3) is 0 Å². The molecule has 6 rings (SSSR count). The number of likely N-dealkylation sites (tertiary alicyclic amines) is 1. The zero-order valence-corrected chi connectivity index (χ0v) is 29.9. The summed E-state index contributed by atoms with van der Waals surface area (Å²) >= 11 is 0. The lowest BCUT2D eigenvalue weighted by molar-refractivity contribution is -0.158. The zero-order chi connectivity index (χ0) is 35.4. The number of amides is 3. The molecule has 0 aliphatic carbocycles. The minimum Gasteiger partial charge on any atom is -0.494 e. The monoisotopic (exact) mass is 669 g/mol. The van der Waals surface area contributed by atoms with Gasteiger partial charge in [-0.15, -0.1) is 0 Å². The summed E-state index contributed by atoms with van der Waals surface area (Å²) in [6, 6.07) is 15.2. The SMILES string of the molecule is CCOc1ccc(N2CC=C[C@]3(C)O[C@]45C=CCN(C(C)(C)CC(C)(C)C)C(=O)C4N([C@@H](CO)Cc4ccccc4)C(=O)[C@@H]5[C@@H]3C2=O)cc1. The van der Waals surface area contributed by atoms with Gasteiger partial charge < -0.3 is 29.3 Å². The highest BCUT2D eigenvalue weighted by Crippen LogP contribution is 2.58. The summed E-state index contributed by atoms with van der Waals surface area (Å²) in [5.41, 5.74) is -1.59. The number of hydrogen-bond donors (Lipinski definition) is 1. The second-order valence-electron chi connectivity index (χ2n) is 15.9. The Morgan fingerprint density at radius 3 is 2.20 bits per heavy atom. The van der Waals surface area contributed by atoms with Gasteiger partial charge in [0.05, 0.1) is 36.7 Å². The zero-order valence-electron chi connectivity index (χ0n) is 29.9. The van der Waals surface area contributed by atoms with Crippen molar-refractivity contribution >= 4 is 23.4 Å². The number of hydrogen-bond acceptors (Lipinski definition) is 6. The van der Waals surface area contributed by atoms with Crippen LogP contribution < -0.4 is 9.64 Å². The molecule has 2 aromatic rings. The van der Waals surface area contributed by atoms with Crippen molar-refractivity contribution in [2.24, 2.45) is 17.3 Å². The molecular formula is C40H51N3O6. The van der Waals surface area contributed by atoms with E-state index in [0.29, 0.717) is 37.6 Å². The smallest absolute Gasteiger partial charge is 0.249 e. The van der Waals surface area contributed by atoms with E-state index in [-0.39, 0.29) is 29.7 Å². The van der Waals surface area contributed by atoms with Gasteiger partial charge in [0.1, 0.15) is 17.4 Å². The molecule has 2 fully saturated rings. The summed E-state index contributed by atoms with van der Waals surface area (Å²) in [6.45, 7) is 15.2. The molecule has 4 aliphatic heterocycles. The van der Waals surface area contributed by atoms with Crippen molar-refractivity contribution in [2.45, 2.75) is 90.1 Å². The van der Waals surface area contributed by atoms with Crippen molar-refractivity contribution in [3.05, 3.63) is 84.5 Å². The molecule has 0 bridgehead atoms. The fourth-order valence-corrected chi connectivity index (χ4v) is 9.05. The van der Waals surface area contributed by atoms with Crippen LogP contribution in [0.2, 0.25) is 0 Å². The van der Waals surface area contributed by atoms with Gasteiger partial charge in [-0.05, 0) is 75.8 Å². The van der Waals surface area contributed by atoms with Gasteiger partial charge in [0.2, 0.25) is 17.7 Å². The molecular weight excluding hydrogens is 618 g/mol. The van der Waals surface area contributed by atoms with Gasteiger partial charge in [0, 0.05) is 24.3 Å². The van der Waals surface area contributed by atoms with Crippen molar-refractivity contribution in [2.75, 3.05) is 31.2 Å². The normalized spacial score (nSPS) is 29.0. The molecule has 9 nitrogen and oxygen atoms in total. The molecule has 2 saturated heterocycles. The van der Waals surface area contributed by atoms with E-state index in [0.717, 1.165) is 12.0 Å². The standard InChI is InChI=1S/C40H51N3O6/c1-8-48-30-18-16-28(17-19-30)41-22-12-20-39(7)31(34(41)45)32-35(46)43(29(25-44)24-27-14-10-9-11-15-27)33-36(47)42(23-13-21-40(32,33)49-39)38(5,6)26-37(2,3)4/h9-21,29,31-33,44H,8,22-26H2,1-7H3/t29-,31-,32+,33?,39+,40+/m1/s1. The Morgan fingerprint density at radius 2 is 1.57 bits per heavy atom. The molecule has 0 aromatic heterocycles. The van der Waals surface area contributed by atoms with Gasteiger partial charge in [-0.1, -0.05) is 75.4 Å².